The van der Waals surface area contributed by atoms with Gasteiger partial charge in [-0.1, -0.05) is 127 Å². The van der Waals surface area contributed by atoms with Gasteiger partial charge in [0.2, 0.25) is 15.9 Å². The summed E-state index contributed by atoms with van der Waals surface area (Å²) in [7, 11) is -1.93. The van der Waals surface area contributed by atoms with E-state index in [9.17, 15) is 18.3 Å². The Morgan fingerprint density at radius 1 is 0.873 bits per heavy atom. The van der Waals surface area contributed by atoms with E-state index in [2.05, 4.69) is 21.5 Å². The summed E-state index contributed by atoms with van der Waals surface area (Å²) in [5, 5.41) is 12.5. The molecule has 0 aliphatic carbocycles. The zero-order valence-electron chi connectivity index (χ0n) is 31.3. The third-order valence-electron chi connectivity index (χ3n) is 9.76. The van der Waals surface area contributed by atoms with Gasteiger partial charge in [0.1, 0.15) is 6.04 Å². The van der Waals surface area contributed by atoms with Crippen LogP contribution in [0.4, 0.5) is 0 Å². The quantitative estimate of drug-likeness (QED) is 0.0927. The summed E-state index contributed by atoms with van der Waals surface area (Å²) in [6, 6.07) is 38.6. The van der Waals surface area contributed by atoms with Crippen molar-refractivity contribution in [3.63, 3.8) is 0 Å². The number of sulfonamides is 1. The van der Waals surface area contributed by atoms with Gasteiger partial charge in [-0.05, 0) is 65.9 Å². The average molecular weight is 760 g/mol. The van der Waals surface area contributed by atoms with E-state index in [0.717, 1.165) is 51.1 Å². The summed E-state index contributed by atoms with van der Waals surface area (Å²) in [4.78, 5) is 16.0. The minimum absolute atomic E-state index is 0.0147. The van der Waals surface area contributed by atoms with Gasteiger partial charge in [0.15, 0.2) is 6.29 Å². The van der Waals surface area contributed by atoms with Gasteiger partial charge in [0.25, 0.3) is 0 Å². The van der Waals surface area contributed by atoms with Gasteiger partial charge in [-0.3, -0.25) is 4.79 Å². The number of rotatable bonds is 16. The molecular weight excluding hydrogens is 711 g/mol. The monoisotopic (exact) mass is 759 g/mol. The van der Waals surface area contributed by atoms with Gasteiger partial charge in [0.05, 0.1) is 23.7 Å². The van der Waals surface area contributed by atoms with E-state index in [1.807, 2.05) is 123 Å². The van der Waals surface area contributed by atoms with Crippen LogP contribution in [0.25, 0.3) is 11.1 Å². The number of aryl methyl sites for hydroxylation is 1. The van der Waals surface area contributed by atoms with Crippen LogP contribution in [-0.2, 0) is 43.9 Å². The summed E-state index contributed by atoms with van der Waals surface area (Å²) in [5.41, 5.74) is 7.30. The molecule has 1 saturated heterocycles. The van der Waals surface area contributed by atoms with Crippen molar-refractivity contribution < 1.29 is 27.8 Å². The Hall–Kier alpha value is -4.94. The van der Waals surface area contributed by atoms with Crippen LogP contribution in [0.15, 0.2) is 145 Å². The lowest BCUT2D eigenvalue weighted by Gasteiger charge is -2.37. The minimum Gasteiger partial charge on any atom is -0.392 e. The lowest BCUT2D eigenvalue weighted by Crippen LogP contribution is -2.47. The average Bonchev–Trinajstić information content (AvgIpc) is 3.20. The number of likely N-dealkylation sites (N-methyl/N-ethyl adjacent to an activating group) is 1. The van der Waals surface area contributed by atoms with Crippen LogP contribution in [0.5, 0.6) is 0 Å². The number of ether oxygens (including phenoxy) is 2. The van der Waals surface area contributed by atoms with Crippen molar-refractivity contribution in [2.45, 2.75) is 62.4 Å². The van der Waals surface area contributed by atoms with Gasteiger partial charge in [-0.25, -0.2) is 8.42 Å². The molecule has 1 aliphatic heterocycles. The molecule has 1 amide bonds. The fraction of sp³-hybridized carbons (Fsp3) is 0.267. The number of hydrogen-bond donors (Lipinski definition) is 3. The van der Waals surface area contributed by atoms with Crippen LogP contribution in [0, 0.1) is 6.92 Å². The lowest BCUT2D eigenvalue weighted by molar-refractivity contribution is -0.252. The zero-order chi connectivity index (χ0) is 38.8. The maximum atomic E-state index is 13.8. The lowest BCUT2D eigenvalue weighted by atomic mass is 9.97. The molecule has 5 aromatic carbocycles. The molecule has 55 heavy (non-hydrogen) atoms. The van der Waals surface area contributed by atoms with Crippen molar-refractivity contribution in [3.05, 3.63) is 173 Å². The number of aliphatic hydroxyl groups is 1. The van der Waals surface area contributed by atoms with E-state index >= 15 is 0 Å². The summed E-state index contributed by atoms with van der Waals surface area (Å²) in [6.07, 6.45) is 1.89. The second-order valence-electron chi connectivity index (χ2n) is 14.0. The number of nitrogens with one attached hydrogen (secondary N) is 2. The van der Waals surface area contributed by atoms with Crippen LogP contribution >= 0.6 is 0 Å². The minimum atomic E-state index is -3.97. The maximum Gasteiger partial charge on any atom is 0.241 e. The first-order valence-electron chi connectivity index (χ1n) is 18.5. The fourth-order valence-electron chi connectivity index (χ4n) is 6.77. The van der Waals surface area contributed by atoms with Gasteiger partial charge in [0, 0.05) is 31.6 Å². The molecule has 0 spiro atoms. The van der Waals surface area contributed by atoms with Crippen molar-refractivity contribution in [1.29, 1.82) is 0 Å². The molecular formula is C45H49N3O6S. The number of benzene rings is 5. The second-order valence-corrected chi connectivity index (χ2v) is 15.7. The predicted octanol–water partition coefficient (Wildman–Crippen LogP) is 7.02. The highest BCUT2D eigenvalue weighted by Crippen LogP contribution is 2.39. The SMILES string of the molecule is C=CCN(C)C[C@@H]1C[C@H](c2ccc(CO)cc2)O[C@H](c2ccc(-c3ccccc3CNC(=O)[C@@H](Cc3ccccc3)NS(=O)(=O)c3ccc(C)cc3)cc2)O1. The molecule has 3 N–H and O–H groups in total. The number of carbonyl (C=O) groups excluding carboxylic acids is 1. The molecule has 0 bridgehead atoms. The zero-order valence-corrected chi connectivity index (χ0v) is 32.1. The summed E-state index contributed by atoms with van der Waals surface area (Å²) < 4.78 is 42.5. The molecule has 4 atom stereocenters. The van der Waals surface area contributed by atoms with Crippen LogP contribution in [0.3, 0.4) is 0 Å². The molecule has 10 heteroatoms. The van der Waals surface area contributed by atoms with Crippen LogP contribution in [-0.4, -0.2) is 56.6 Å². The molecule has 1 fully saturated rings. The molecule has 1 heterocycles. The Balaban J connectivity index is 1.18. The third-order valence-corrected chi connectivity index (χ3v) is 11.3. The number of carbonyl (C=O) groups is 1. The normalized spacial score (nSPS) is 17.8. The molecule has 286 valence electrons. The molecule has 0 radical (unpaired) electrons. The highest BCUT2D eigenvalue weighted by atomic mass is 32.2. The molecule has 0 saturated carbocycles. The molecule has 0 aromatic heterocycles. The Morgan fingerprint density at radius 3 is 2.24 bits per heavy atom. The molecule has 6 rings (SSSR count). The topological polar surface area (TPSA) is 117 Å². The van der Waals surface area contributed by atoms with Gasteiger partial charge in [-0.15, -0.1) is 6.58 Å². The number of nitrogens with zero attached hydrogens (tertiary/aromatic N) is 1. The van der Waals surface area contributed by atoms with Crippen LogP contribution in [0.2, 0.25) is 0 Å². The third kappa shape index (κ3) is 10.6. The van der Waals surface area contributed by atoms with Gasteiger partial charge in [-0.2, -0.15) is 4.72 Å². The standard InChI is InChI=1S/C45H49N3O6S/c1-4-26-48(3)30-39-28-43(36-18-16-34(31-49)17-19-36)54-45(53-39)37-22-20-35(21-23-37)41-13-9-8-12-38(41)29-46-44(50)42(27-33-10-6-5-7-11-33)47-55(51,52)40-24-14-32(2)15-25-40/h4-25,39,42-43,45,47,49H,1,26-31H2,2-3H3,(H,46,50)/t39-,42+,43+,45+/m0/s1. The van der Waals surface area contributed by atoms with Crippen molar-refractivity contribution in [3.8, 4) is 11.1 Å². The summed E-state index contributed by atoms with van der Waals surface area (Å²) in [6.45, 7) is 7.40. The number of aliphatic hydroxyl groups excluding tert-OH is 1. The Kier molecular flexibility index (Phi) is 13.4. The maximum absolute atomic E-state index is 13.8. The van der Waals surface area contributed by atoms with E-state index in [1.54, 1.807) is 24.3 Å². The molecule has 0 unspecified atom stereocenters. The Bertz CT molecular complexity index is 2120. The van der Waals surface area contributed by atoms with E-state index in [0.29, 0.717) is 13.0 Å². The van der Waals surface area contributed by atoms with Crippen LogP contribution in [0.1, 0.15) is 52.2 Å². The van der Waals surface area contributed by atoms with Crippen molar-refractivity contribution in [2.24, 2.45) is 0 Å². The van der Waals surface area contributed by atoms with E-state index in [1.165, 1.54) is 0 Å². The second kappa shape index (κ2) is 18.6. The van der Waals surface area contributed by atoms with E-state index in [-0.39, 0.29) is 36.7 Å². The number of amides is 1. The Labute approximate surface area is 324 Å². The molecule has 9 nitrogen and oxygen atoms in total. The number of hydrogen-bond acceptors (Lipinski definition) is 7. The predicted molar refractivity (Wildman–Crippen MR) is 215 cm³/mol. The van der Waals surface area contributed by atoms with Crippen molar-refractivity contribution in [1.82, 2.24) is 14.9 Å². The highest BCUT2D eigenvalue weighted by Gasteiger charge is 2.33. The molecule has 5 aromatic rings. The van der Waals surface area contributed by atoms with Gasteiger partial charge < -0.3 is 24.8 Å². The molecule has 1 aliphatic rings. The first-order valence-corrected chi connectivity index (χ1v) is 20.0. The first-order chi connectivity index (χ1) is 26.6. The van der Waals surface area contributed by atoms with Crippen molar-refractivity contribution >= 4 is 15.9 Å². The van der Waals surface area contributed by atoms with Crippen molar-refractivity contribution in [2.75, 3.05) is 20.1 Å². The van der Waals surface area contributed by atoms with Gasteiger partial charge >= 0.3 is 0 Å². The van der Waals surface area contributed by atoms with E-state index < -0.39 is 28.3 Å². The smallest absolute Gasteiger partial charge is 0.241 e. The fourth-order valence-corrected chi connectivity index (χ4v) is 7.96. The Morgan fingerprint density at radius 2 is 1.55 bits per heavy atom. The van der Waals surface area contributed by atoms with Crippen LogP contribution < -0.4 is 10.0 Å². The van der Waals surface area contributed by atoms with E-state index in [4.69, 9.17) is 9.47 Å². The summed E-state index contributed by atoms with van der Waals surface area (Å²) in [5.74, 6) is -0.426. The summed E-state index contributed by atoms with van der Waals surface area (Å²) >= 11 is 0. The highest BCUT2D eigenvalue weighted by molar-refractivity contribution is 7.89. The first kappa shape index (κ1) is 39.7. The largest absolute Gasteiger partial charge is 0.392 e.